The van der Waals surface area contributed by atoms with Crippen molar-refractivity contribution in [2.45, 2.75) is 6.92 Å². The van der Waals surface area contributed by atoms with Crippen LogP contribution in [0.2, 0.25) is 0 Å². The molecule has 0 aliphatic heterocycles. The van der Waals surface area contributed by atoms with Crippen LogP contribution in [-0.4, -0.2) is 33.2 Å². The van der Waals surface area contributed by atoms with Gasteiger partial charge in [-0.15, -0.1) is 0 Å². The van der Waals surface area contributed by atoms with E-state index in [-0.39, 0.29) is 5.57 Å². The van der Waals surface area contributed by atoms with Crippen LogP contribution in [0.3, 0.4) is 0 Å². The van der Waals surface area contributed by atoms with Crippen molar-refractivity contribution in [3.8, 4) is 6.07 Å². The van der Waals surface area contributed by atoms with Crippen molar-refractivity contribution >= 4 is 30.1 Å². The lowest BCUT2D eigenvalue weighted by molar-refractivity contribution is -0.134. The molecule has 3 N–H and O–H groups in total. The standard InChI is InChI=1S/2C8H8.C4H4O4.C4H6O2.C3H3N/c2*1-2-8-6-4-3-5-7-8;5-3(6)1-2-4(7)8;1-3(2)4(5)6;1-2-3-4/h2*2-7H,1H2;1-2H,(H,5,6)(H,7,8);1H2,2H3,(H,5,6);2H,1H2/b;;2-1+;;. The molecule has 0 fully saturated rings. The Kier molecular flexibility index (Phi) is 24.1. The lowest BCUT2D eigenvalue weighted by Crippen LogP contribution is -1.92. The number of carboxylic acid groups (broad SMARTS) is 3. The van der Waals surface area contributed by atoms with Crippen molar-refractivity contribution in [1.29, 1.82) is 5.26 Å². The van der Waals surface area contributed by atoms with E-state index in [2.05, 4.69) is 26.3 Å². The molecule has 7 nitrogen and oxygen atoms in total. The molecule has 178 valence electrons. The first-order valence-electron chi connectivity index (χ1n) is 9.43. The predicted molar refractivity (Wildman–Crippen MR) is 136 cm³/mol. The van der Waals surface area contributed by atoms with Crippen LogP contribution in [0.25, 0.3) is 12.2 Å². The number of hydrogen-bond donors (Lipinski definition) is 3. The third-order valence-electron chi connectivity index (χ3n) is 2.90. The van der Waals surface area contributed by atoms with E-state index < -0.39 is 17.9 Å². The number of nitrogens with zero attached hydrogens (tertiary/aromatic N) is 1. The van der Waals surface area contributed by atoms with Crippen molar-refractivity contribution in [2.24, 2.45) is 0 Å². The van der Waals surface area contributed by atoms with Gasteiger partial charge in [0.25, 0.3) is 0 Å². The molecule has 2 aromatic carbocycles. The van der Waals surface area contributed by atoms with Crippen LogP contribution in [-0.2, 0) is 14.4 Å². The Labute approximate surface area is 200 Å². The van der Waals surface area contributed by atoms with Crippen molar-refractivity contribution < 1.29 is 29.7 Å². The quantitative estimate of drug-likeness (QED) is 0.381. The molecule has 2 aromatic rings. The Balaban J connectivity index is -0.000000361. The van der Waals surface area contributed by atoms with Gasteiger partial charge in [-0.25, -0.2) is 14.4 Å². The second-order valence-corrected chi connectivity index (χ2v) is 5.66. The zero-order valence-corrected chi connectivity index (χ0v) is 19.0. The molecule has 2 rings (SSSR count). The zero-order valence-electron chi connectivity index (χ0n) is 19.0. The molecule has 0 unspecified atom stereocenters. The van der Waals surface area contributed by atoms with Gasteiger partial charge in [-0.3, -0.25) is 0 Å². The summed E-state index contributed by atoms with van der Waals surface area (Å²) in [7, 11) is 0. The summed E-state index contributed by atoms with van der Waals surface area (Å²) < 4.78 is 0. The molecule has 0 saturated carbocycles. The molecule has 7 heteroatoms. The third kappa shape index (κ3) is 29.2. The van der Waals surface area contributed by atoms with Crippen LogP contribution < -0.4 is 0 Å². The van der Waals surface area contributed by atoms with Gasteiger partial charge in [0.1, 0.15) is 0 Å². The molecular weight excluding hydrogens is 434 g/mol. The van der Waals surface area contributed by atoms with E-state index in [1.54, 1.807) is 6.07 Å². The summed E-state index contributed by atoms with van der Waals surface area (Å²) in [4.78, 5) is 28.7. The van der Waals surface area contributed by atoms with Gasteiger partial charge >= 0.3 is 17.9 Å². The highest BCUT2D eigenvalue weighted by molar-refractivity contribution is 5.89. The summed E-state index contributed by atoms with van der Waals surface area (Å²) in [6.07, 6.45) is 5.96. The molecule has 0 amide bonds. The molecule has 0 saturated heterocycles. The maximum Gasteiger partial charge on any atom is 0.330 e. The van der Waals surface area contributed by atoms with Gasteiger partial charge < -0.3 is 15.3 Å². The van der Waals surface area contributed by atoms with Crippen molar-refractivity contribution in [2.75, 3.05) is 0 Å². The average Bonchev–Trinajstić information content (AvgIpc) is 2.85. The highest BCUT2D eigenvalue weighted by Gasteiger charge is 1.90. The highest BCUT2D eigenvalue weighted by Crippen LogP contribution is 1.98. The summed E-state index contributed by atoms with van der Waals surface area (Å²) in [5, 5.41) is 31.0. The molecular formula is C27H29NO6. The number of rotatable bonds is 5. The summed E-state index contributed by atoms with van der Waals surface area (Å²) in [5.41, 5.74) is 2.52. The molecule has 0 spiro atoms. The van der Waals surface area contributed by atoms with Gasteiger partial charge in [-0.1, -0.05) is 99.1 Å². The van der Waals surface area contributed by atoms with Gasteiger partial charge in [0.05, 0.1) is 6.07 Å². The fraction of sp³-hybridized carbons (Fsp3) is 0.0370. The molecule has 0 heterocycles. The van der Waals surface area contributed by atoms with Gasteiger partial charge in [-0.2, -0.15) is 5.26 Å². The minimum Gasteiger partial charge on any atom is -0.478 e. The number of aliphatic carboxylic acids is 3. The summed E-state index contributed by atoms with van der Waals surface area (Å²) in [6, 6.07) is 21.8. The maximum atomic E-state index is 9.60. The lowest BCUT2D eigenvalue weighted by Gasteiger charge is -1.85. The number of allylic oxidation sites excluding steroid dienone is 1. The Hall–Kier alpha value is -4.96. The van der Waals surface area contributed by atoms with E-state index in [1.165, 1.54) is 24.1 Å². The highest BCUT2D eigenvalue weighted by atomic mass is 16.4. The summed E-state index contributed by atoms with van der Waals surface area (Å²) >= 11 is 0. The monoisotopic (exact) mass is 463 g/mol. The molecule has 0 atom stereocenters. The number of nitriles is 1. The smallest absolute Gasteiger partial charge is 0.330 e. The Morgan fingerprint density at radius 1 is 0.765 bits per heavy atom. The molecule has 0 radical (unpaired) electrons. The number of carboxylic acids is 3. The van der Waals surface area contributed by atoms with Crippen LogP contribution >= 0.6 is 0 Å². The van der Waals surface area contributed by atoms with Gasteiger partial charge in [0.15, 0.2) is 0 Å². The second-order valence-electron chi connectivity index (χ2n) is 5.66. The van der Waals surface area contributed by atoms with Crippen molar-refractivity contribution in [3.63, 3.8) is 0 Å². The molecule has 34 heavy (non-hydrogen) atoms. The molecule has 0 aliphatic carbocycles. The van der Waals surface area contributed by atoms with E-state index in [1.807, 2.05) is 72.8 Å². The van der Waals surface area contributed by atoms with Crippen LogP contribution in [0.5, 0.6) is 0 Å². The first-order valence-corrected chi connectivity index (χ1v) is 9.43. The summed E-state index contributed by atoms with van der Waals surface area (Å²) in [6.45, 7) is 15.0. The van der Waals surface area contributed by atoms with Gasteiger partial charge in [0.2, 0.25) is 0 Å². The number of carbonyl (C=O) groups is 3. The number of hydrogen-bond acceptors (Lipinski definition) is 4. The minimum atomic E-state index is -1.26. The van der Waals surface area contributed by atoms with Crippen LogP contribution in [0.15, 0.2) is 111 Å². The number of benzene rings is 2. The molecule has 0 aliphatic rings. The predicted octanol–water partition coefficient (Wildman–Crippen LogP) is 5.71. The average molecular weight is 464 g/mol. The molecule has 0 bridgehead atoms. The fourth-order valence-corrected chi connectivity index (χ4v) is 1.32. The summed E-state index contributed by atoms with van der Waals surface area (Å²) in [5.74, 6) is -3.45. The topological polar surface area (TPSA) is 136 Å². The molecule has 0 aromatic heterocycles. The van der Waals surface area contributed by atoms with E-state index in [9.17, 15) is 14.4 Å². The fourth-order valence-electron chi connectivity index (χ4n) is 1.32. The first-order chi connectivity index (χ1) is 16.0. The normalized spacial score (nSPS) is 8.00. The zero-order chi connectivity index (χ0) is 26.8. The van der Waals surface area contributed by atoms with E-state index in [0.29, 0.717) is 12.2 Å². The van der Waals surface area contributed by atoms with E-state index >= 15 is 0 Å². The van der Waals surface area contributed by atoms with Crippen LogP contribution in [0.4, 0.5) is 0 Å². The van der Waals surface area contributed by atoms with Crippen LogP contribution in [0.1, 0.15) is 18.1 Å². The van der Waals surface area contributed by atoms with Gasteiger partial charge in [-0.05, 0) is 18.1 Å². The Bertz CT molecular complexity index is 900. The van der Waals surface area contributed by atoms with Crippen LogP contribution in [0, 0.1) is 11.3 Å². The Morgan fingerprint density at radius 3 is 1.15 bits per heavy atom. The third-order valence-corrected chi connectivity index (χ3v) is 2.90. The SMILES string of the molecule is C=C(C)C(=O)O.C=CC#N.C=Cc1ccccc1.C=Cc1ccccc1.O=C(O)/C=C/C(=O)O. The first kappa shape index (κ1) is 33.7. The van der Waals surface area contributed by atoms with Crippen molar-refractivity contribution in [3.05, 3.63) is 122 Å². The van der Waals surface area contributed by atoms with E-state index in [4.69, 9.17) is 20.6 Å². The largest absolute Gasteiger partial charge is 0.478 e. The second kappa shape index (κ2) is 24.3. The van der Waals surface area contributed by atoms with E-state index in [0.717, 1.165) is 0 Å². The van der Waals surface area contributed by atoms with Gasteiger partial charge in [0, 0.05) is 23.8 Å². The Morgan fingerprint density at radius 2 is 1.03 bits per heavy atom. The maximum absolute atomic E-state index is 9.60. The van der Waals surface area contributed by atoms with Crippen molar-refractivity contribution in [1.82, 2.24) is 0 Å². The minimum absolute atomic E-state index is 0.176. The lowest BCUT2D eigenvalue weighted by atomic mass is 10.2.